The topological polar surface area (TPSA) is 64.9 Å². The summed E-state index contributed by atoms with van der Waals surface area (Å²) in [5, 5.41) is 0.515. The molecule has 1 saturated heterocycles. The summed E-state index contributed by atoms with van der Waals surface area (Å²) < 4.78 is 0. The van der Waals surface area contributed by atoms with Crippen molar-refractivity contribution in [1.29, 1.82) is 0 Å². The van der Waals surface area contributed by atoms with Crippen molar-refractivity contribution in [3.8, 4) is 0 Å². The van der Waals surface area contributed by atoms with Crippen LogP contribution in [0.2, 0.25) is 0 Å². The van der Waals surface area contributed by atoms with Crippen molar-refractivity contribution < 1.29 is 0 Å². The molecular weight excluding hydrogens is 194 g/mol. The Balaban J connectivity index is 2.17. The van der Waals surface area contributed by atoms with Crippen molar-refractivity contribution in [2.24, 2.45) is 5.73 Å². The van der Waals surface area contributed by atoms with Crippen LogP contribution in [0.15, 0.2) is 18.3 Å². The van der Waals surface area contributed by atoms with E-state index in [9.17, 15) is 0 Å². The summed E-state index contributed by atoms with van der Waals surface area (Å²) in [7, 11) is 0. The van der Waals surface area contributed by atoms with Gasteiger partial charge in [0.15, 0.2) is 0 Å². The van der Waals surface area contributed by atoms with Crippen LogP contribution >= 0.6 is 11.8 Å². The highest BCUT2D eigenvalue weighted by molar-refractivity contribution is 8.00. The van der Waals surface area contributed by atoms with Gasteiger partial charge in [0.2, 0.25) is 0 Å². The van der Waals surface area contributed by atoms with Crippen LogP contribution in [-0.4, -0.2) is 16.0 Å². The van der Waals surface area contributed by atoms with E-state index in [1.165, 1.54) is 18.6 Å². The van der Waals surface area contributed by atoms with Crippen molar-refractivity contribution in [2.75, 3.05) is 11.5 Å². The molecular formula is C10H15N3S. The molecule has 0 aromatic carbocycles. The SMILES string of the molecule is Nc1ncccc1C(N)C1CCCS1. The normalized spacial score (nSPS) is 23.6. The second-order valence-electron chi connectivity index (χ2n) is 3.56. The molecule has 14 heavy (non-hydrogen) atoms. The molecule has 1 aliphatic rings. The highest BCUT2D eigenvalue weighted by Crippen LogP contribution is 2.35. The van der Waals surface area contributed by atoms with Crippen molar-refractivity contribution in [3.05, 3.63) is 23.9 Å². The second kappa shape index (κ2) is 4.19. The van der Waals surface area contributed by atoms with E-state index in [-0.39, 0.29) is 6.04 Å². The van der Waals surface area contributed by atoms with Gasteiger partial charge in [-0.1, -0.05) is 6.07 Å². The number of nitrogens with zero attached hydrogens (tertiary/aromatic N) is 1. The Morgan fingerprint density at radius 2 is 2.43 bits per heavy atom. The predicted octanol–water partition coefficient (Wildman–Crippen LogP) is 1.56. The van der Waals surface area contributed by atoms with E-state index < -0.39 is 0 Å². The van der Waals surface area contributed by atoms with Crippen LogP contribution in [0.1, 0.15) is 24.4 Å². The first kappa shape index (κ1) is 9.80. The molecule has 0 bridgehead atoms. The van der Waals surface area contributed by atoms with Crippen LogP contribution in [0.3, 0.4) is 0 Å². The summed E-state index contributed by atoms with van der Waals surface area (Å²) in [6.07, 6.45) is 4.16. The summed E-state index contributed by atoms with van der Waals surface area (Å²) in [6, 6.07) is 3.91. The number of nitrogens with two attached hydrogens (primary N) is 2. The Kier molecular flexibility index (Phi) is 2.93. The van der Waals surface area contributed by atoms with Crippen molar-refractivity contribution >= 4 is 17.6 Å². The third-order valence-electron chi connectivity index (χ3n) is 2.60. The lowest BCUT2D eigenvalue weighted by Gasteiger charge is -2.19. The summed E-state index contributed by atoms with van der Waals surface area (Å²) in [5.74, 6) is 1.80. The Hall–Kier alpha value is -0.740. The molecule has 4 heteroatoms. The van der Waals surface area contributed by atoms with E-state index in [4.69, 9.17) is 11.5 Å². The van der Waals surface area contributed by atoms with Crippen molar-refractivity contribution in [3.63, 3.8) is 0 Å². The number of anilines is 1. The van der Waals surface area contributed by atoms with E-state index in [0.717, 1.165) is 5.56 Å². The largest absolute Gasteiger partial charge is 0.383 e. The maximum absolute atomic E-state index is 6.16. The zero-order valence-corrected chi connectivity index (χ0v) is 8.83. The van der Waals surface area contributed by atoms with Gasteiger partial charge < -0.3 is 11.5 Å². The van der Waals surface area contributed by atoms with Gasteiger partial charge in [-0.3, -0.25) is 0 Å². The summed E-state index contributed by atoms with van der Waals surface area (Å²) in [6.45, 7) is 0. The maximum atomic E-state index is 6.16. The zero-order chi connectivity index (χ0) is 9.97. The quantitative estimate of drug-likeness (QED) is 0.775. The number of pyridine rings is 1. The second-order valence-corrected chi connectivity index (χ2v) is 4.90. The first-order valence-corrected chi connectivity index (χ1v) is 5.91. The molecule has 4 N–H and O–H groups in total. The number of aromatic nitrogens is 1. The molecule has 0 radical (unpaired) electrons. The molecule has 1 fully saturated rings. The smallest absolute Gasteiger partial charge is 0.128 e. The Morgan fingerprint density at radius 3 is 3.07 bits per heavy atom. The van der Waals surface area contributed by atoms with Crippen LogP contribution in [-0.2, 0) is 0 Å². The molecule has 1 aromatic heterocycles. The van der Waals surface area contributed by atoms with E-state index >= 15 is 0 Å². The fourth-order valence-corrected chi connectivity index (χ4v) is 3.12. The number of thioether (sulfide) groups is 1. The van der Waals surface area contributed by atoms with Crippen molar-refractivity contribution in [1.82, 2.24) is 4.98 Å². The lowest BCUT2D eigenvalue weighted by molar-refractivity contribution is 0.645. The first-order valence-electron chi connectivity index (χ1n) is 4.86. The molecule has 76 valence electrons. The molecule has 2 atom stereocenters. The van der Waals surface area contributed by atoms with Gasteiger partial charge in [-0.15, -0.1) is 0 Å². The minimum atomic E-state index is 0.0381. The van der Waals surface area contributed by atoms with Gasteiger partial charge in [-0.25, -0.2) is 4.98 Å². The lowest BCUT2D eigenvalue weighted by Crippen LogP contribution is -2.23. The van der Waals surface area contributed by atoms with Crippen LogP contribution in [0.25, 0.3) is 0 Å². The number of hydrogen-bond donors (Lipinski definition) is 2. The average Bonchev–Trinajstić information content (AvgIpc) is 2.70. The third kappa shape index (κ3) is 1.86. The van der Waals surface area contributed by atoms with Gasteiger partial charge in [0.05, 0.1) is 0 Å². The zero-order valence-electron chi connectivity index (χ0n) is 8.02. The molecule has 0 spiro atoms. The maximum Gasteiger partial charge on any atom is 0.128 e. The van der Waals surface area contributed by atoms with E-state index in [0.29, 0.717) is 11.1 Å². The van der Waals surface area contributed by atoms with Crippen LogP contribution in [0.4, 0.5) is 5.82 Å². The van der Waals surface area contributed by atoms with E-state index in [2.05, 4.69) is 4.98 Å². The minimum absolute atomic E-state index is 0.0381. The average molecular weight is 209 g/mol. The molecule has 2 unspecified atom stereocenters. The van der Waals surface area contributed by atoms with Gasteiger partial charge >= 0.3 is 0 Å². The fraction of sp³-hybridized carbons (Fsp3) is 0.500. The molecule has 0 aliphatic carbocycles. The molecule has 2 rings (SSSR count). The highest BCUT2D eigenvalue weighted by Gasteiger charge is 2.25. The van der Waals surface area contributed by atoms with Gasteiger partial charge in [0.25, 0.3) is 0 Å². The van der Waals surface area contributed by atoms with Crippen LogP contribution in [0, 0.1) is 0 Å². The minimum Gasteiger partial charge on any atom is -0.383 e. The number of rotatable bonds is 2. The molecule has 1 aliphatic heterocycles. The molecule has 0 saturated carbocycles. The highest BCUT2D eigenvalue weighted by atomic mass is 32.2. The van der Waals surface area contributed by atoms with Crippen molar-refractivity contribution in [2.45, 2.75) is 24.1 Å². The number of hydrogen-bond acceptors (Lipinski definition) is 4. The Bertz CT molecular complexity index is 310. The van der Waals surface area contributed by atoms with Gasteiger partial charge in [0, 0.05) is 23.1 Å². The van der Waals surface area contributed by atoms with Crippen LogP contribution in [0.5, 0.6) is 0 Å². The van der Waals surface area contributed by atoms with Gasteiger partial charge in [0.1, 0.15) is 5.82 Å². The summed E-state index contributed by atoms with van der Waals surface area (Å²) >= 11 is 1.95. The fourth-order valence-electron chi connectivity index (χ4n) is 1.80. The molecule has 0 amide bonds. The van der Waals surface area contributed by atoms with Gasteiger partial charge in [-0.2, -0.15) is 11.8 Å². The molecule has 3 nitrogen and oxygen atoms in total. The standard InChI is InChI=1S/C10H15N3S/c11-9(8-4-2-6-14-8)7-3-1-5-13-10(7)12/h1,3,5,8-9H,2,4,6,11H2,(H2,12,13). The Labute approximate surface area is 88.3 Å². The van der Waals surface area contributed by atoms with Crippen LogP contribution < -0.4 is 11.5 Å². The monoisotopic (exact) mass is 209 g/mol. The summed E-state index contributed by atoms with van der Waals surface area (Å²) in [5.41, 5.74) is 12.9. The van der Waals surface area contributed by atoms with Gasteiger partial charge in [-0.05, 0) is 24.7 Å². The predicted molar refractivity (Wildman–Crippen MR) is 61.1 cm³/mol. The lowest BCUT2D eigenvalue weighted by atomic mass is 10.0. The summed E-state index contributed by atoms with van der Waals surface area (Å²) in [4.78, 5) is 4.06. The Morgan fingerprint density at radius 1 is 1.57 bits per heavy atom. The number of nitrogen functional groups attached to an aromatic ring is 1. The van der Waals surface area contributed by atoms with E-state index in [1.807, 2.05) is 23.9 Å². The third-order valence-corrected chi connectivity index (χ3v) is 4.08. The molecule has 2 heterocycles. The van der Waals surface area contributed by atoms with E-state index in [1.54, 1.807) is 6.20 Å². The molecule has 1 aromatic rings. The first-order chi connectivity index (χ1) is 6.79.